The average molecular weight is 325 g/mol. The van der Waals surface area contributed by atoms with Crippen molar-refractivity contribution in [3.63, 3.8) is 0 Å². The number of esters is 1. The van der Waals surface area contributed by atoms with E-state index >= 15 is 0 Å². The highest BCUT2D eigenvalue weighted by molar-refractivity contribution is 5.77. The van der Waals surface area contributed by atoms with Gasteiger partial charge in [0.1, 0.15) is 5.60 Å². The minimum atomic E-state index is -0.404. The zero-order valence-electron chi connectivity index (χ0n) is 16.9. The SMILES string of the molecule is CCC(C)C(C)(CC(C)(C)C)C(=O)OC(C)(C)C1CCCCC1. The van der Waals surface area contributed by atoms with E-state index < -0.39 is 5.41 Å². The predicted molar refractivity (Wildman–Crippen MR) is 98.4 cm³/mol. The van der Waals surface area contributed by atoms with Gasteiger partial charge in [-0.2, -0.15) is 0 Å². The largest absolute Gasteiger partial charge is 0.459 e. The number of hydrogen-bond donors (Lipinski definition) is 0. The molecule has 0 amide bonds. The van der Waals surface area contributed by atoms with E-state index in [9.17, 15) is 4.79 Å². The lowest BCUT2D eigenvalue weighted by atomic mass is 9.67. The molecule has 2 heteroatoms. The number of carbonyl (C=O) groups excluding carboxylic acids is 1. The first-order valence-corrected chi connectivity index (χ1v) is 9.66. The minimum Gasteiger partial charge on any atom is -0.459 e. The van der Waals surface area contributed by atoms with Crippen LogP contribution in [-0.4, -0.2) is 11.6 Å². The van der Waals surface area contributed by atoms with E-state index in [4.69, 9.17) is 4.74 Å². The maximum atomic E-state index is 13.2. The average Bonchev–Trinajstić information content (AvgIpc) is 2.45. The molecule has 0 radical (unpaired) electrons. The summed E-state index contributed by atoms with van der Waals surface area (Å²) in [5.74, 6) is 0.852. The van der Waals surface area contributed by atoms with Crippen LogP contribution in [-0.2, 0) is 9.53 Å². The van der Waals surface area contributed by atoms with Crippen molar-refractivity contribution < 1.29 is 9.53 Å². The number of carbonyl (C=O) groups is 1. The van der Waals surface area contributed by atoms with Gasteiger partial charge in [0.25, 0.3) is 0 Å². The van der Waals surface area contributed by atoms with Crippen LogP contribution < -0.4 is 0 Å². The van der Waals surface area contributed by atoms with E-state index in [1.807, 2.05) is 0 Å². The van der Waals surface area contributed by atoms with Gasteiger partial charge in [-0.15, -0.1) is 0 Å². The standard InChI is InChI=1S/C21H40O2/c1-9-16(2)21(8,15-19(3,4)5)18(22)23-20(6,7)17-13-11-10-12-14-17/h16-17H,9-15H2,1-8H3. The summed E-state index contributed by atoms with van der Waals surface area (Å²) in [4.78, 5) is 13.2. The summed E-state index contributed by atoms with van der Waals surface area (Å²) in [5.41, 5.74) is -0.630. The van der Waals surface area contributed by atoms with Crippen molar-refractivity contribution in [3.8, 4) is 0 Å². The molecule has 0 spiro atoms. The molecular weight excluding hydrogens is 284 g/mol. The summed E-state index contributed by atoms with van der Waals surface area (Å²) >= 11 is 0. The highest BCUT2D eigenvalue weighted by atomic mass is 16.6. The molecule has 0 bridgehead atoms. The molecule has 23 heavy (non-hydrogen) atoms. The first-order chi connectivity index (χ1) is 10.4. The van der Waals surface area contributed by atoms with Gasteiger partial charge in [0.2, 0.25) is 0 Å². The summed E-state index contributed by atoms with van der Waals surface area (Å²) in [7, 11) is 0. The minimum absolute atomic E-state index is 0.0114. The van der Waals surface area contributed by atoms with Crippen LogP contribution in [0.15, 0.2) is 0 Å². The molecule has 1 fully saturated rings. The molecule has 0 heterocycles. The Kier molecular flexibility index (Phi) is 6.75. The molecule has 2 nitrogen and oxygen atoms in total. The summed E-state index contributed by atoms with van der Waals surface area (Å²) in [6.07, 6.45) is 8.14. The van der Waals surface area contributed by atoms with Crippen LogP contribution in [0.1, 0.15) is 100 Å². The molecule has 0 saturated heterocycles. The van der Waals surface area contributed by atoms with Crippen molar-refractivity contribution >= 4 is 5.97 Å². The lowest BCUT2D eigenvalue weighted by Gasteiger charge is -2.43. The highest BCUT2D eigenvalue weighted by Gasteiger charge is 2.45. The predicted octanol–water partition coefficient (Wildman–Crippen LogP) is 6.38. The lowest BCUT2D eigenvalue weighted by molar-refractivity contribution is -0.180. The zero-order valence-corrected chi connectivity index (χ0v) is 16.9. The topological polar surface area (TPSA) is 26.3 Å². The Morgan fingerprint density at radius 3 is 2.00 bits per heavy atom. The molecule has 0 aliphatic heterocycles. The lowest BCUT2D eigenvalue weighted by Crippen LogP contribution is -2.46. The zero-order chi connectivity index (χ0) is 17.9. The molecule has 1 aliphatic carbocycles. The van der Waals surface area contributed by atoms with Gasteiger partial charge in [-0.3, -0.25) is 4.79 Å². The van der Waals surface area contributed by atoms with Crippen LogP contribution in [0, 0.1) is 22.7 Å². The number of rotatable bonds is 6. The van der Waals surface area contributed by atoms with E-state index in [0.29, 0.717) is 11.8 Å². The molecule has 1 saturated carbocycles. The van der Waals surface area contributed by atoms with Crippen LogP contribution >= 0.6 is 0 Å². The van der Waals surface area contributed by atoms with Crippen LogP contribution in [0.5, 0.6) is 0 Å². The first kappa shape index (κ1) is 20.5. The van der Waals surface area contributed by atoms with E-state index in [0.717, 1.165) is 12.8 Å². The van der Waals surface area contributed by atoms with Gasteiger partial charge in [-0.1, -0.05) is 60.3 Å². The Morgan fingerprint density at radius 2 is 1.57 bits per heavy atom. The van der Waals surface area contributed by atoms with Crippen molar-refractivity contribution in [1.29, 1.82) is 0 Å². The molecule has 1 aliphatic rings. The molecular formula is C21H40O2. The third-order valence-corrected chi connectivity index (χ3v) is 6.01. The molecule has 2 unspecified atom stereocenters. The third-order valence-electron chi connectivity index (χ3n) is 6.01. The Labute approximate surface area is 144 Å². The van der Waals surface area contributed by atoms with Crippen molar-refractivity contribution in [3.05, 3.63) is 0 Å². The van der Waals surface area contributed by atoms with Crippen LogP contribution in [0.4, 0.5) is 0 Å². The van der Waals surface area contributed by atoms with E-state index in [1.54, 1.807) is 0 Å². The Balaban J connectivity index is 2.91. The van der Waals surface area contributed by atoms with Gasteiger partial charge >= 0.3 is 5.97 Å². The van der Waals surface area contributed by atoms with Gasteiger partial charge in [-0.25, -0.2) is 0 Å². The van der Waals surface area contributed by atoms with Gasteiger partial charge < -0.3 is 4.74 Å². The maximum Gasteiger partial charge on any atom is 0.312 e. The van der Waals surface area contributed by atoms with E-state index in [2.05, 4.69) is 55.4 Å². The van der Waals surface area contributed by atoms with Gasteiger partial charge in [0.05, 0.1) is 5.41 Å². The fourth-order valence-corrected chi connectivity index (χ4v) is 4.24. The number of hydrogen-bond acceptors (Lipinski definition) is 2. The quantitative estimate of drug-likeness (QED) is 0.530. The summed E-state index contributed by atoms with van der Waals surface area (Å²) in [5, 5.41) is 0. The highest BCUT2D eigenvalue weighted by Crippen LogP contribution is 2.44. The second kappa shape index (κ2) is 7.57. The molecule has 0 N–H and O–H groups in total. The Hall–Kier alpha value is -0.530. The maximum absolute atomic E-state index is 13.2. The fraction of sp³-hybridized carbons (Fsp3) is 0.952. The van der Waals surface area contributed by atoms with Crippen molar-refractivity contribution in [2.45, 2.75) is 106 Å². The molecule has 1 rings (SSSR count). The van der Waals surface area contributed by atoms with E-state index in [-0.39, 0.29) is 17.0 Å². The van der Waals surface area contributed by atoms with Crippen LogP contribution in [0.2, 0.25) is 0 Å². The second-order valence-electron chi connectivity index (χ2n) is 9.79. The van der Waals surface area contributed by atoms with Crippen LogP contribution in [0.25, 0.3) is 0 Å². The first-order valence-electron chi connectivity index (χ1n) is 9.66. The summed E-state index contributed by atoms with van der Waals surface area (Å²) in [6, 6.07) is 0. The normalized spacial score (nSPS) is 21.6. The molecule has 2 atom stereocenters. The molecule has 0 aromatic carbocycles. The molecule has 136 valence electrons. The van der Waals surface area contributed by atoms with Crippen molar-refractivity contribution in [2.24, 2.45) is 22.7 Å². The molecule has 0 aromatic rings. The Bertz CT molecular complexity index is 385. The van der Waals surface area contributed by atoms with Crippen LogP contribution in [0.3, 0.4) is 0 Å². The third kappa shape index (κ3) is 5.50. The molecule has 0 aromatic heterocycles. The summed E-state index contributed by atoms with van der Waals surface area (Å²) < 4.78 is 6.17. The van der Waals surface area contributed by atoms with Gasteiger partial charge in [0.15, 0.2) is 0 Å². The van der Waals surface area contributed by atoms with Gasteiger partial charge in [0, 0.05) is 0 Å². The van der Waals surface area contributed by atoms with E-state index in [1.165, 1.54) is 32.1 Å². The second-order valence-corrected chi connectivity index (χ2v) is 9.79. The fourth-order valence-electron chi connectivity index (χ4n) is 4.24. The van der Waals surface area contributed by atoms with Gasteiger partial charge in [-0.05, 0) is 57.3 Å². The smallest absolute Gasteiger partial charge is 0.312 e. The number of ether oxygens (including phenoxy) is 1. The van der Waals surface area contributed by atoms with Crippen molar-refractivity contribution in [1.82, 2.24) is 0 Å². The Morgan fingerprint density at radius 1 is 1.04 bits per heavy atom. The monoisotopic (exact) mass is 324 g/mol. The van der Waals surface area contributed by atoms with Crippen molar-refractivity contribution in [2.75, 3.05) is 0 Å². The summed E-state index contributed by atoms with van der Waals surface area (Å²) in [6.45, 7) is 17.4.